The van der Waals surface area contributed by atoms with Crippen LogP contribution in [0.1, 0.15) is 32.1 Å². The van der Waals surface area contributed by atoms with Gasteiger partial charge in [0.2, 0.25) is 0 Å². The van der Waals surface area contributed by atoms with E-state index in [1.54, 1.807) is 12.4 Å². The molecule has 1 aromatic heterocycles. The van der Waals surface area contributed by atoms with Gasteiger partial charge in [-0.15, -0.1) is 0 Å². The molecule has 28 heavy (non-hydrogen) atoms. The van der Waals surface area contributed by atoms with E-state index in [0.29, 0.717) is 19.5 Å². The lowest BCUT2D eigenvalue weighted by molar-refractivity contribution is -0.145. The van der Waals surface area contributed by atoms with Crippen LogP contribution < -0.4 is 4.90 Å². The zero-order valence-corrected chi connectivity index (χ0v) is 16.1. The third-order valence-electron chi connectivity index (χ3n) is 6.17. The van der Waals surface area contributed by atoms with Gasteiger partial charge < -0.3 is 19.6 Å². The van der Waals surface area contributed by atoms with E-state index < -0.39 is 12.0 Å². The number of pyridine rings is 1. The SMILES string of the molecule is O=C(O)C1CCCCN1CC1CN(C2CCN(c3ccncc3)CC2)C(=O)O1. The van der Waals surface area contributed by atoms with Crippen molar-refractivity contribution in [1.82, 2.24) is 14.8 Å². The molecule has 0 bridgehead atoms. The van der Waals surface area contributed by atoms with Gasteiger partial charge in [0.1, 0.15) is 12.1 Å². The van der Waals surface area contributed by atoms with Gasteiger partial charge in [-0.05, 0) is 44.4 Å². The number of hydrogen-bond donors (Lipinski definition) is 1. The number of carboxylic acid groups (broad SMARTS) is 1. The summed E-state index contributed by atoms with van der Waals surface area (Å²) < 4.78 is 5.60. The van der Waals surface area contributed by atoms with Gasteiger partial charge in [-0.1, -0.05) is 6.42 Å². The molecule has 1 aromatic rings. The summed E-state index contributed by atoms with van der Waals surface area (Å²) in [7, 11) is 0. The number of cyclic esters (lactones) is 1. The molecule has 152 valence electrons. The molecule has 0 saturated carbocycles. The summed E-state index contributed by atoms with van der Waals surface area (Å²) in [5.41, 5.74) is 1.17. The Balaban J connectivity index is 1.31. The molecule has 8 nitrogen and oxygen atoms in total. The second kappa shape index (κ2) is 8.34. The van der Waals surface area contributed by atoms with Crippen LogP contribution in [0.4, 0.5) is 10.5 Å². The molecular formula is C20H28N4O4. The molecule has 0 aliphatic carbocycles. The summed E-state index contributed by atoms with van der Waals surface area (Å²) in [6.07, 6.45) is 7.54. The smallest absolute Gasteiger partial charge is 0.410 e. The Hall–Kier alpha value is -2.35. The van der Waals surface area contributed by atoms with Crippen LogP contribution in [-0.4, -0.2) is 82.9 Å². The van der Waals surface area contributed by atoms with E-state index in [4.69, 9.17) is 4.74 Å². The van der Waals surface area contributed by atoms with Crippen LogP contribution in [0.5, 0.6) is 0 Å². The maximum atomic E-state index is 12.4. The molecular weight excluding hydrogens is 360 g/mol. The number of amides is 1. The maximum absolute atomic E-state index is 12.4. The monoisotopic (exact) mass is 388 g/mol. The normalized spacial score (nSPS) is 27.1. The summed E-state index contributed by atoms with van der Waals surface area (Å²) in [6.45, 7) is 3.62. The quantitative estimate of drug-likeness (QED) is 0.823. The first-order valence-electron chi connectivity index (χ1n) is 10.2. The van der Waals surface area contributed by atoms with Crippen LogP contribution in [0.15, 0.2) is 24.5 Å². The molecule has 0 aromatic carbocycles. The van der Waals surface area contributed by atoms with E-state index in [1.807, 2.05) is 21.9 Å². The van der Waals surface area contributed by atoms with Crippen LogP contribution in [0, 0.1) is 0 Å². The van der Waals surface area contributed by atoms with Crippen LogP contribution in [0.2, 0.25) is 0 Å². The van der Waals surface area contributed by atoms with Gasteiger partial charge in [-0.2, -0.15) is 0 Å². The molecule has 4 heterocycles. The molecule has 0 radical (unpaired) electrons. The minimum Gasteiger partial charge on any atom is -0.480 e. The average molecular weight is 388 g/mol. The van der Waals surface area contributed by atoms with Crippen LogP contribution in [0.3, 0.4) is 0 Å². The molecule has 4 rings (SSSR count). The van der Waals surface area contributed by atoms with Gasteiger partial charge in [0.25, 0.3) is 0 Å². The van der Waals surface area contributed by atoms with Crippen LogP contribution in [0.25, 0.3) is 0 Å². The number of aliphatic carboxylic acids is 1. The standard InChI is InChI=1S/C20H28N4O4/c25-19(26)18-3-1-2-10-23(18)13-17-14-24(20(27)28-17)16-6-11-22(12-7-16)15-4-8-21-9-5-15/h4-5,8-9,16-18H,1-3,6-7,10-14H2,(H,25,26). The van der Waals surface area contributed by atoms with Gasteiger partial charge in [0.15, 0.2) is 0 Å². The van der Waals surface area contributed by atoms with Gasteiger partial charge >= 0.3 is 12.1 Å². The molecule has 1 amide bonds. The fraction of sp³-hybridized carbons (Fsp3) is 0.650. The first-order valence-corrected chi connectivity index (χ1v) is 10.2. The lowest BCUT2D eigenvalue weighted by Crippen LogP contribution is -2.49. The number of likely N-dealkylation sites (tertiary alicyclic amines) is 1. The van der Waals surface area contributed by atoms with E-state index in [9.17, 15) is 14.7 Å². The zero-order valence-electron chi connectivity index (χ0n) is 16.1. The lowest BCUT2D eigenvalue weighted by Gasteiger charge is -2.37. The highest BCUT2D eigenvalue weighted by Gasteiger charge is 2.40. The second-order valence-corrected chi connectivity index (χ2v) is 7.93. The lowest BCUT2D eigenvalue weighted by atomic mass is 10.0. The minimum absolute atomic E-state index is 0.187. The number of nitrogens with zero attached hydrogens (tertiary/aromatic N) is 4. The molecule has 3 fully saturated rings. The number of anilines is 1. The summed E-state index contributed by atoms with van der Waals surface area (Å²) in [4.78, 5) is 34.1. The van der Waals surface area contributed by atoms with Gasteiger partial charge in [0, 0.05) is 43.8 Å². The molecule has 2 atom stereocenters. The van der Waals surface area contributed by atoms with Crippen molar-refractivity contribution >= 4 is 17.7 Å². The number of aromatic nitrogens is 1. The molecule has 1 N–H and O–H groups in total. The molecule has 8 heteroatoms. The highest BCUT2D eigenvalue weighted by molar-refractivity contribution is 5.73. The number of ether oxygens (including phenoxy) is 1. The van der Waals surface area contributed by atoms with E-state index in [1.165, 1.54) is 5.69 Å². The Kier molecular flexibility index (Phi) is 5.66. The first kappa shape index (κ1) is 19.0. The van der Waals surface area contributed by atoms with Gasteiger partial charge in [-0.3, -0.25) is 14.7 Å². The summed E-state index contributed by atoms with van der Waals surface area (Å²) in [5.74, 6) is -0.774. The topological polar surface area (TPSA) is 86.2 Å². The third-order valence-corrected chi connectivity index (χ3v) is 6.17. The van der Waals surface area contributed by atoms with Crippen molar-refractivity contribution < 1.29 is 19.4 Å². The third kappa shape index (κ3) is 4.06. The Morgan fingerprint density at radius 2 is 1.89 bits per heavy atom. The van der Waals surface area contributed by atoms with E-state index >= 15 is 0 Å². The highest BCUT2D eigenvalue weighted by Crippen LogP contribution is 2.26. The Morgan fingerprint density at radius 3 is 2.61 bits per heavy atom. The van der Waals surface area contributed by atoms with Crippen molar-refractivity contribution in [2.45, 2.75) is 50.3 Å². The fourth-order valence-corrected chi connectivity index (χ4v) is 4.68. The highest BCUT2D eigenvalue weighted by atomic mass is 16.6. The molecule has 0 spiro atoms. The van der Waals surface area contributed by atoms with Crippen molar-refractivity contribution in [2.75, 3.05) is 37.6 Å². The Labute approximate surface area is 165 Å². The Morgan fingerprint density at radius 1 is 1.14 bits per heavy atom. The zero-order chi connectivity index (χ0) is 19.5. The number of carboxylic acids is 1. The maximum Gasteiger partial charge on any atom is 0.410 e. The number of hydrogen-bond acceptors (Lipinski definition) is 6. The van der Waals surface area contributed by atoms with Gasteiger partial charge in [0.05, 0.1) is 6.54 Å². The van der Waals surface area contributed by atoms with Crippen molar-refractivity contribution in [3.63, 3.8) is 0 Å². The predicted molar refractivity (Wildman–Crippen MR) is 103 cm³/mol. The van der Waals surface area contributed by atoms with Crippen molar-refractivity contribution in [2.24, 2.45) is 0 Å². The Bertz CT molecular complexity index is 693. The number of piperidine rings is 2. The number of carbonyl (C=O) groups excluding carboxylic acids is 1. The fourth-order valence-electron chi connectivity index (χ4n) is 4.68. The predicted octanol–water partition coefficient (Wildman–Crippen LogP) is 1.81. The molecule has 3 aliphatic rings. The number of carbonyl (C=O) groups is 2. The van der Waals surface area contributed by atoms with E-state index in [2.05, 4.69) is 9.88 Å². The first-order chi connectivity index (χ1) is 13.6. The summed E-state index contributed by atoms with van der Waals surface area (Å²) in [5, 5.41) is 9.44. The number of rotatable bonds is 5. The molecule has 3 saturated heterocycles. The van der Waals surface area contributed by atoms with Crippen molar-refractivity contribution in [3.8, 4) is 0 Å². The molecule has 3 aliphatic heterocycles. The van der Waals surface area contributed by atoms with Gasteiger partial charge in [-0.25, -0.2) is 4.79 Å². The van der Waals surface area contributed by atoms with Crippen LogP contribution in [-0.2, 0) is 9.53 Å². The molecule has 2 unspecified atom stereocenters. The largest absolute Gasteiger partial charge is 0.480 e. The minimum atomic E-state index is -0.774. The van der Waals surface area contributed by atoms with Crippen molar-refractivity contribution in [3.05, 3.63) is 24.5 Å². The van der Waals surface area contributed by atoms with E-state index in [-0.39, 0.29) is 18.2 Å². The second-order valence-electron chi connectivity index (χ2n) is 7.93. The summed E-state index contributed by atoms with van der Waals surface area (Å²) >= 11 is 0. The average Bonchev–Trinajstić information content (AvgIpc) is 3.09. The van der Waals surface area contributed by atoms with Crippen molar-refractivity contribution in [1.29, 1.82) is 0 Å². The summed E-state index contributed by atoms with van der Waals surface area (Å²) in [6, 6.07) is 3.76. The van der Waals surface area contributed by atoms with E-state index in [0.717, 1.165) is 45.3 Å². The van der Waals surface area contributed by atoms with Crippen LogP contribution >= 0.6 is 0 Å².